The van der Waals surface area contributed by atoms with Crippen molar-refractivity contribution in [1.82, 2.24) is 0 Å². The van der Waals surface area contributed by atoms with Crippen molar-refractivity contribution in [2.75, 3.05) is 7.11 Å². The fourth-order valence-electron chi connectivity index (χ4n) is 0.986. The lowest BCUT2D eigenvalue weighted by atomic mass is 10.2. The minimum absolute atomic E-state index is 0.0305. The summed E-state index contributed by atoms with van der Waals surface area (Å²) in [7, 11) is 1.62. The van der Waals surface area contributed by atoms with E-state index in [9.17, 15) is 5.21 Å². The van der Waals surface area contributed by atoms with Gasteiger partial charge in [-0.05, 0) is 38.1 Å². The van der Waals surface area contributed by atoms with Crippen molar-refractivity contribution >= 4 is 6.21 Å². The summed E-state index contributed by atoms with van der Waals surface area (Å²) in [5.74, 6) is 0.796. The van der Waals surface area contributed by atoms with E-state index in [-0.39, 0.29) is 6.04 Å². The Hall–Kier alpha value is -1.51. The lowest BCUT2D eigenvalue weighted by molar-refractivity contribution is -0.487. The summed E-state index contributed by atoms with van der Waals surface area (Å²) in [6.45, 7) is 3.71. The van der Waals surface area contributed by atoms with Crippen LogP contribution in [0.3, 0.4) is 0 Å². The number of nitrogens with zero attached hydrogens (tertiary/aromatic N) is 1. The normalized spacial score (nSPS) is 11.9. The van der Waals surface area contributed by atoms with Crippen molar-refractivity contribution in [2.45, 2.75) is 19.9 Å². The van der Waals surface area contributed by atoms with Crippen LogP contribution in [0.4, 0.5) is 0 Å². The van der Waals surface area contributed by atoms with Crippen molar-refractivity contribution in [2.24, 2.45) is 0 Å². The molecule has 14 heavy (non-hydrogen) atoms. The largest absolute Gasteiger partial charge is 0.624 e. The van der Waals surface area contributed by atoms with Crippen molar-refractivity contribution in [3.8, 4) is 5.75 Å². The molecular weight excluding hydrogens is 178 g/mol. The molecule has 0 atom stereocenters. The number of hydroxylamine groups is 1. The predicted octanol–water partition coefficient (Wildman–Crippen LogP) is 2.03. The Morgan fingerprint density at radius 2 is 1.86 bits per heavy atom. The van der Waals surface area contributed by atoms with E-state index in [4.69, 9.17) is 4.74 Å². The number of methoxy groups -OCH3 is 1. The summed E-state index contributed by atoms with van der Waals surface area (Å²) in [5.41, 5.74) is 0.884. The zero-order chi connectivity index (χ0) is 10.6. The molecule has 0 aliphatic carbocycles. The van der Waals surface area contributed by atoms with Gasteiger partial charge in [-0.2, -0.15) is 0 Å². The van der Waals surface area contributed by atoms with Crippen LogP contribution in [-0.2, 0) is 0 Å². The quantitative estimate of drug-likeness (QED) is 0.318. The molecule has 3 heteroatoms. The van der Waals surface area contributed by atoms with Gasteiger partial charge in [0.25, 0.3) is 0 Å². The molecule has 0 fully saturated rings. The van der Waals surface area contributed by atoms with Gasteiger partial charge >= 0.3 is 0 Å². The van der Waals surface area contributed by atoms with Crippen LogP contribution in [0, 0.1) is 5.21 Å². The molecule has 0 N–H and O–H groups in total. The van der Waals surface area contributed by atoms with E-state index in [1.807, 2.05) is 38.1 Å². The first kappa shape index (κ1) is 10.6. The number of ether oxygens (including phenoxy) is 1. The number of hydrogen-bond donors (Lipinski definition) is 0. The van der Waals surface area contributed by atoms with E-state index in [2.05, 4.69) is 0 Å². The SMILES string of the molecule is COc1ccc(C=[N+]([O-])C(C)C)cc1. The Bertz CT molecular complexity index is 315. The summed E-state index contributed by atoms with van der Waals surface area (Å²) in [6, 6.07) is 7.34. The maximum absolute atomic E-state index is 11.3. The maximum atomic E-state index is 11.3. The first-order chi connectivity index (χ1) is 6.63. The lowest BCUT2D eigenvalue weighted by Crippen LogP contribution is -2.14. The fraction of sp³-hybridized carbons (Fsp3) is 0.364. The maximum Gasteiger partial charge on any atom is 0.182 e. The summed E-state index contributed by atoms with van der Waals surface area (Å²) in [4.78, 5) is 0. The topological polar surface area (TPSA) is 35.3 Å². The molecule has 0 saturated carbocycles. The third-order valence-electron chi connectivity index (χ3n) is 1.90. The Morgan fingerprint density at radius 3 is 2.29 bits per heavy atom. The van der Waals surface area contributed by atoms with Crippen molar-refractivity contribution in [3.05, 3.63) is 35.0 Å². The third-order valence-corrected chi connectivity index (χ3v) is 1.90. The molecule has 0 bridgehead atoms. The molecule has 0 radical (unpaired) electrons. The lowest BCUT2D eigenvalue weighted by Gasteiger charge is -2.07. The first-order valence-corrected chi connectivity index (χ1v) is 4.58. The highest BCUT2D eigenvalue weighted by atomic mass is 16.5. The van der Waals surface area contributed by atoms with E-state index >= 15 is 0 Å². The standard InChI is InChI=1S/C11H15NO2/c1-9(2)12(13)8-10-4-6-11(14-3)7-5-10/h4-9H,1-3H3. The fourth-order valence-corrected chi connectivity index (χ4v) is 0.986. The van der Waals surface area contributed by atoms with Crippen molar-refractivity contribution < 1.29 is 9.48 Å². The van der Waals surface area contributed by atoms with Gasteiger partial charge in [0.15, 0.2) is 12.3 Å². The molecule has 0 heterocycles. The molecule has 76 valence electrons. The number of rotatable bonds is 3. The summed E-state index contributed by atoms with van der Waals surface area (Å²) in [5, 5.41) is 11.3. The van der Waals surface area contributed by atoms with Crippen LogP contribution in [0.5, 0.6) is 5.75 Å². The minimum Gasteiger partial charge on any atom is -0.624 e. The summed E-state index contributed by atoms with van der Waals surface area (Å²) < 4.78 is 5.95. The Kier molecular flexibility index (Phi) is 3.51. The average molecular weight is 193 g/mol. The smallest absolute Gasteiger partial charge is 0.182 e. The van der Waals surface area contributed by atoms with Gasteiger partial charge in [0, 0.05) is 5.56 Å². The third kappa shape index (κ3) is 2.76. The van der Waals surface area contributed by atoms with Crippen molar-refractivity contribution in [3.63, 3.8) is 0 Å². The van der Waals surface area contributed by atoms with Gasteiger partial charge in [-0.1, -0.05) is 0 Å². The Morgan fingerprint density at radius 1 is 1.29 bits per heavy atom. The highest BCUT2D eigenvalue weighted by Gasteiger charge is 2.00. The van der Waals surface area contributed by atoms with Gasteiger partial charge in [0.2, 0.25) is 0 Å². The molecule has 0 unspecified atom stereocenters. The number of hydrogen-bond acceptors (Lipinski definition) is 2. The van der Waals surface area contributed by atoms with Crippen molar-refractivity contribution in [1.29, 1.82) is 0 Å². The molecule has 0 amide bonds. The van der Waals surface area contributed by atoms with Gasteiger partial charge in [-0.15, -0.1) is 0 Å². The molecule has 0 saturated heterocycles. The van der Waals surface area contributed by atoms with Crippen LogP contribution in [-0.4, -0.2) is 24.1 Å². The second kappa shape index (κ2) is 4.65. The highest BCUT2D eigenvalue weighted by Crippen LogP contribution is 2.09. The molecule has 0 aliphatic rings. The van der Waals surface area contributed by atoms with E-state index < -0.39 is 0 Å². The van der Waals surface area contributed by atoms with Gasteiger partial charge in [-0.3, -0.25) is 0 Å². The first-order valence-electron chi connectivity index (χ1n) is 4.58. The van der Waals surface area contributed by atoms with E-state index in [0.717, 1.165) is 16.1 Å². The van der Waals surface area contributed by atoms with Gasteiger partial charge in [0.1, 0.15) is 5.75 Å². The van der Waals surface area contributed by atoms with Crippen LogP contribution in [0.2, 0.25) is 0 Å². The summed E-state index contributed by atoms with van der Waals surface area (Å²) in [6.07, 6.45) is 1.57. The molecule has 1 rings (SSSR count). The molecule has 0 aliphatic heterocycles. The van der Waals surface area contributed by atoms with E-state index in [1.165, 1.54) is 0 Å². The molecule has 0 aromatic heterocycles. The highest BCUT2D eigenvalue weighted by molar-refractivity contribution is 5.75. The molecular formula is C11H15NO2. The second-order valence-corrected chi connectivity index (χ2v) is 3.36. The van der Waals surface area contributed by atoms with Gasteiger partial charge in [-0.25, -0.2) is 4.74 Å². The number of benzene rings is 1. The monoisotopic (exact) mass is 193 g/mol. The molecule has 0 spiro atoms. The van der Waals surface area contributed by atoms with Crippen LogP contribution in [0.15, 0.2) is 24.3 Å². The van der Waals surface area contributed by atoms with Crippen LogP contribution >= 0.6 is 0 Å². The second-order valence-electron chi connectivity index (χ2n) is 3.36. The Balaban J connectivity index is 2.83. The van der Waals surface area contributed by atoms with Gasteiger partial charge in [0.05, 0.1) is 7.11 Å². The molecule has 3 nitrogen and oxygen atoms in total. The van der Waals surface area contributed by atoms with Crippen LogP contribution in [0.1, 0.15) is 19.4 Å². The zero-order valence-electron chi connectivity index (χ0n) is 8.73. The zero-order valence-corrected chi connectivity index (χ0v) is 8.73. The van der Waals surface area contributed by atoms with Crippen LogP contribution in [0.25, 0.3) is 0 Å². The predicted molar refractivity (Wildman–Crippen MR) is 56.9 cm³/mol. The molecule has 1 aromatic rings. The minimum atomic E-state index is -0.0305. The van der Waals surface area contributed by atoms with E-state index in [0.29, 0.717) is 0 Å². The average Bonchev–Trinajstić information content (AvgIpc) is 2.19. The van der Waals surface area contributed by atoms with E-state index in [1.54, 1.807) is 13.3 Å². The Labute approximate surface area is 84.2 Å². The van der Waals surface area contributed by atoms with Crippen LogP contribution < -0.4 is 4.74 Å². The summed E-state index contributed by atoms with van der Waals surface area (Å²) >= 11 is 0. The molecule has 1 aromatic carbocycles. The van der Waals surface area contributed by atoms with Gasteiger partial charge < -0.3 is 9.94 Å².